The molecule has 41 heavy (non-hydrogen) atoms. The van der Waals surface area contributed by atoms with Crippen LogP contribution < -0.4 is 11.3 Å². The number of imidazole rings is 1. The van der Waals surface area contributed by atoms with Gasteiger partial charge in [0.05, 0.1) is 16.0 Å². The summed E-state index contributed by atoms with van der Waals surface area (Å²) in [6, 6.07) is 12.1. The lowest BCUT2D eigenvalue weighted by atomic mass is 9.63. The van der Waals surface area contributed by atoms with E-state index < -0.39 is 5.76 Å². The molecule has 210 valence electrons. The first kappa shape index (κ1) is 25.9. The van der Waals surface area contributed by atoms with Crippen molar-refractivity contribution in [1.29, 1.82) is 0 Å². The lowest BCUT2D eigenvalue weighted by molar-refractivity contribution is 0.242. The molecule has 5 aromatic rings. The number of hydrogen-bond acceptors (Lipinski definition) is 7. The Morgan fingerprint density at radius 2 is 1.85 bits per heavy atom. The van der Waals surface area contributed by atoms with E-state index in [0.717, 1.165) is 50.4 Å². The Labute approximate surface area is 240 Å². The molecule has 2 aliphatic carbocycles. The van der Waals surface area contributed by atoms with Crippen molar-refractivity contribution in [1.82, 2.24) is 34.7 Å². The van der Waals surface area contributed by atoms with Gasteiger partial charge in [-0.15, -0.1) is 5.10 Å². The first-order valence-corrected chi connectivity index (χ1v) is 14.6. The van der Waals surface area contributed by atoms with E-state index in [4.69, 9.17) is 31.0 Å². The van der Waals surface area contributed by atoms with Crippen LogP contribution in [-0.2, 0) is 12.0 Å². The topological polar surface area (TPSA) is 135 Å². The maximum absolute atomic E-state index is 13.2. The largest absolute Gasteiger partial charge is 0.434 e. The van der Waals surface area contributed by atoms with E-state index in [-0.39, 0.29) is 28.3 Å². The number of pyridine rings is 1. The van der Waals surface area contributed by atoms with E-state index in [1.165, 1.54) is 24.6 Å². The molecule has 4 aromatic heterocycles. The molecule has 0 aliphatic heterocycles. The first-order chi connectivity index (χ1) is 19.9. The number of rotatable bonds is 6. The number of fused-ring (bicyclic) bond motifs is 1. The quantitative estimate of drug-likeness (QED) is 0.275. The molecule has 0 saturated heterocycles. The number of H-pyrrole nitrogens is 2. The highest BCUT2D eigenvalue weighted by Gasteiger charge is 2.45. The SMILES string of the molecule is CC1CCC(Cn2c(C3(c4ccccc4)CCC3)nc3nc(-c4n[nH]c(=O)o4)nc(-c4cc(Cl)c[nH]c4=O)c32)CC1. The van der Waals surface area contributed by atoms with E-state index in [1.807, 2.05) is 6.07 Å². The molecule has 7 rings (SSSR count). The molecule has 2 fully saturated rings. The molecular weight excluding hydrogens is 542 g/mol. The summed E-state index contributed by atoms with van der Waals surface area (Å²) in [5, 5.41) is 6.58. The number of benzene rings is 1. The van der Waals surface area contributed by atoms with Crippen LogP contribution in [0.15, 0.2) is 56.6 Å². The Morgan fingerprint density at radius 3 is 2.54 bits per heavy atom. The van der Waals surface area contributed by atoms with E-state index in [9.17, 15) is 9.59 Å². The van der Waals surface area contributed by atoms with Gasteiger partial charge in [-0.05, 0) is 49.1 Å². The van der Waals surface area contributed by atoms with Crippen LogP contribution in [0.25, 0.3) is 34.1 Å². The molecule has 2 aliphatic rings. The maximum atomic E-state index is 13.2. The molecule has 0 spiro atoms. The number of hydrogen-bond donors (Lipinski definition) is 2. The van der Waals surface area contributed by atoms with Crippen molar-refractivity contribution in [3.05, 3.63) is 79.9 Å². The summed E-state index contributed by atoms with van der Waals surface area (Å²) >= 11 is 6.36. The lowest BCUT2D eigenvalue weighted by Crippen LogP contribution is -2.39. The number of halogens is 1. The fourth-order valence-corrected chi connectivity index (χ4v) is 6.68. The zero-order valence-corrected chi connectivity index (χ0v) is 23.4. The normalized spacial score (nSPS) is 20.2. The smallest absolute Gasteiger partial charge is 0.384 e. The molecule has 0 unspecified atom stereocenters. The molecule has 1 aromatic carbocycles. The predicted molar refractivity (Wildman–Crippen MR) is 155 cm³/mol. The molecule has 0 atom stereocenters. The highest BCUT2D eigenvalue weighted by atomic mass is 35.5. The van der Waals surface area contributed by atoms with Crippen molar-refractivity contribution in [3.63, 3.8) is 0 Å². The predicted octanol–water partition coefficient (Wildman–Crippen LogP) is 5.47. The van der Waals surface area contributed by atoms with E-state index in [2.05, 4.69) is 50.9 Å². The van der Waals surface area contributed by atoms with Crippen LogP contribution >= 0.6 is 11.6 Å². The van der Waals surface area contributed by atoms with Crippen LogP contribution in [-0.4, -0.2) is 34.7 Å². The number of aromatic nitrogens is 7. The van der Waals surface area contributed by atoms with Gasteiger partial charge in [0, 0.05) is 12.7 Å². The highest BCUT2D eigenvalue weighted by molar-refractivity contribution is 6.30. The third-order valence-electron chi connectivity index (χ3n) is 8.89. The maximum Gasteiger partial charge on any atom is 0.434 e. The summed E-state index contributed by atoms with van der Waals surface area (Å²) in [4.78, 5) is 42.4. The summed E-state index contributed by atoms with van der Waals surface area (Å²) < 4.78 is 7.47. The van der Waals surface area contributed by atoms with Crippen LogP contribution in [0.3, 0.4) is 0 Å². The van der Waals surface area contributed by atoms with Gasteiger partial charge in [0.15, 0.2) is 5.65 Å². The van der Waals surface area contributed by atoms with Crippen LogP contribution in [0.2, 0.25) is 5.02 Å². The number of nitrogens with zero attached hydrogens (tertiary/aromatic N) is 5. The minimum Gasteiger partial charge on any atom is -0.384 e. The van der Waals surface area contributed by atoms with Crippen molar-refractivity contribution < 1.29 is 4.42 Å². The zero-order valence-electron chi connectivity index (χ0n) is 22.7. The van der Waals surface area contributed by atoms with Crippen molar-refractivity contribution in [2.75, 3.05) is 0 Å². The Balaban J connectivity index is 1.52. The van der Waals surface area contributed by atoms with Gasteiger partial charge >= 0.3 is 5.76 Å². The summed E-state index contributed by atoms with van der Waals surface area (Å²) in [7, 11) is 0. The van der Waals surface area contributed by atoms with Gasteiger partial charge in [-0.25, -0.2) is 24.8 Å². The van der Waals surface area contributed by atoms with Crippen molar-refractivity contribution in [2.45, 2.75) is 63.8 Å². The molecule has 2 saturated carbocycles. The zero-order chi connectivity index (χ0) is 28.1. The Bertz CT molecular complexity index is 1840. The summed E-state index contributed by atoms with van der Waals surface area (Å²) in [5.74, 6) is 1.39. The van der Waals surface area contributed by atoms with E-state index in [1.54, 1.807) is 6.07 Å². The third-order valence-corrected chi connectivity index (χ3v) is 9.11. The average Bonchev–Trinajstić information content (AvgIpc) is 3.55. The van der Waals surface area contributed by atoms with Crippen LogP contribution in [0, 0.1) is 11.8 Å². The van der Waals surface area contributed by atoms with Crippen molar-refractivity contribution in [3.8, 4) is 23.0 Å². The highest BCUT2D eigenvalue weighted by Crippen LogP contribution is 2.50. The van der Waals surface area contributed by atoms with Gasteiger partial charge in [0.2, 0.25) is 5.82 Å². The first-order valence-electron chi connectivity index (χ1n) is 14.2. The fraction of sp³-hybridized carbons (Fsp3) is 0.400. The monoisotopic (exact) mass is 571 g/mol. The third kappa shape index (κ3) is 4.50. The van der Waals surface area contributed by atoms with E-state index in [0.29, 0.717) is 27.8 Å². The molecule has 10 nitrogen and oxygen atoms in total. The molecule has 0 bridgehead atoms. The molecule has 0 amide bonds. The van der Waals surface area contributed by atoms with Crippen LogP contribution in [0.4, 0.5) is 0 Å². The van der Waals surface area contributed by atoms with E-state index >= 15 is 0 Å². The van der Waals surface area contributed by atoms with Gasteiger partial charge in [-0.1, -0.05) is 68.1 Å². The van der Waals surface area contributed by atoms with Crippen LogP contribution in [0.1, 0.15) is 63.3 Å². The van der Waals surface area contributed by atoms with Gasteiger partial charge in [0.1, 0.15) is 17.0 Å². The van der Waals surface area contributed by atoms with Gasteiger partial charge < -0.3 is 14.0 Å². The standard InChI is InChI=1S/C30H30ClN7O3/c1-17-8-10-18(11-9-17)16-38-23-22(21-14-20(31)15-32-26(21)39)33-25(27-36-37-29(40)41-27)34-24(23)35-28(38)30(12-5-13-30)19-6-3-2-4-7-19/h2-4,6-7,14-15,17-18H,5,8-13,16H2,1H3,(H,32,39)(H,37,40). The minimum atomic E-state index is -0.721. The Morgan fingerprint density at radius 1 is 1.07 bits per heavy atom. The summed E-state index contributed by atoms with van der Waals surface area (Å²) in [5.41, 5.74) is 2.37. The van der Waals surface area contributed by atoms with Crippen LogP contribution in [0.5, 0.6) is 0 Å². The molecular formula is C30H30ClN7O3. The average molecular weight is 572 g/mol. The molecule has 4 heterocycles. The van der Waals surface area contributed by atoms with Crippen molar-refractivity contribution >= 4 is 22.8 Å². The van der Waals surface area contributed by atoms with Gasteiger partial charge in [-0.3, -0.25) is 4.79 Å². The minimum absolute atomic E-state index is 0.0651. The van der Waals surface area contributed by atoms with Crippen molar-refractivity contribution in [2.24, 2.45) is 11.8 Å². The summed E-state index contributed by atoms with van der Waals surface area (Å²) in [6.45, 7) is 3.07. The molecule has 0 radical (unpaired) electrons. The number of aromatic amines is 2. The fourth-order valence-electron chi connectivity index (χ4n) is 6.52. The Kier molecular flexibility index (Phi) is 6.37. The Hall–Kier alpha value is -4.05. The second kappa shape index (κ2) is 10.1. The second-order valence-corrected chi connectivity index (χ2v) is 12.0. The van der Waals surface area contributed by atoms with Gasteiger partial charge in [0.25, 0.3) is 11.4 Å². The molecule has 11 heteroatoms. The lowest BCUT2D eigenvalue weighted by Gasteiger charge is -2.42. The summed E-state index contributed by atoms with van der Waals surface area (Å²) in [6.07, 6.45) is 9.10. The second-order valence-electron chi connectivity index (χ2n) is 11.5. The van der Waals surface area contributed by atoms with Gasteiger partial charge in [-0.2, -0.15) is 0 Å². The number of nitrogens with one attached hydrogen (secondary N) is 2. The molecule has 2 N–H and O–H groups in total.